The lowest BCUT2D eigenvalue weighted by atomic mass is 9.64. The number of para-hydroxylation sites is 1. The molecule has 2 aliphatic rings. The van der Waals surface area contributed by atoms with Gasteiger partial charge < -0.3 is 15.1 Å². The number of aromatic nitrogens is 2. The Morgan fingerprint density at radius 3 is 2.38 bits per heavy atom. The maximum atomic E-state index is 14.0. The largest absolute Gasteiger partial charge is 0.392 e. The molecule has 1 aromatic heterocycles. The number of H-pyrrole nitrogens is 1. The third-order valence-electron chi connectivity index (χ3n) is 8.26. The first-order valence-corrected chi connectivity index (χ1v) is 12.5. The number of allylic oxidation sites excluding steroid dienone is 1. The molecule has 0 amide bonds. The third-order valence-corrected chi connectivity index (χ3v) is 8.26. The van der Waals surface area contributed by atoms with Gasteiger partial charge in [0.05, 0.1) is 29.2 Å². The first-order chi connectivity index (χ1) is 17.8. The summed E-state index contributed by atoms with van der Waals surface area (Å²) in [6, 6.07) is 21.4. The van der Waals surface area contributed by atoms with Gasteiger partial charge in [-0.2, -0.15) is 0 Å². The fourth-order valence-corrected chi connectivity index (χ4v) is 6.35. The molecule has 1 fully saturated rings. The predicted molar refractivity (Wildman–Crippen MR) is 143 cm³/mol. The van der Waals surface area contributed by atoms with E-state index in [1.807, 2.05) is 31.3 Å². The number of alkyl halides is 1. The van der Waals surface area contributed by atoms with Gasteiger partial charge in [-0.15, -0.1) is 0 Å². The molecule has 0 saturated heterocycles. The lowest BCUT2D eigenvalue weighted by Gasteiger charge is -2.45. The third kappa shape index (κ3) is 3.34. The van der Waals surface area contributed by atoms with Crippen molar-refractivity contribution in [2.24, 2.45) is 5.92 Å². The van der Waals surface area contributed by atoms with E-state index in [-0.39, 0.29) is 16.7 Å². The number of aliphatic hydroxyl groups excluding tert-OH is 2. The topological polar surface area (TPSA) is 81.5 Å². The smallest absolute Gasteiger partial charge is 0.275 e. The first kappa shape index (κ1) is 23.7. The van der Waals surface area contributed by atoms with Crippen molar-refractivity contribution in [2.45, 2.75) is 44.1 Å². The highest BCUT2D eigenvalue weighted by Crippen LogP contribution is 2.52. The van der Waals surface area contributed by atoms with Crippen molar-refractivity contribution in [1.82, 2.24) is 9.78 Å². The Morgan fingerprint density at radius 2 is 1.68 bits per heavy atom. The van der Waals surface area contributed by atoms with E-state index in [1.54, 1.807) is 24.3 Å². The number of rotatable bonds is 4. The van der Waals surface area contributed by atoms with Crippen LogP contribution in [0.3, 0.4) is 0 Å². The van der Waals surface area contributed by atoms with E-state index in [1.165, 1.54) is 15.6 Å². The van der Waals surface area contributed by atoms with Gasteiger partial charge in [-0.1, -0.05) is 68.5 Å². The van der Waals surface area contributed by atoms with Gasteiger partial charge in [0.25, 0.3) is 5.56 Å². The lowest BCUT2D eigenvalue weighted by molar-refractivity contribution is -0.0954. The van der Waals surface area contributed by atoms with Crippen LogP contribution in [0.15, 0.2) is 83.3 Å². The van der Waals surface area contributed by atoms with Crippen LogP contribution >= 0.6 is 0 Å². The summed E-state index contributed by atoms with van der Waals surface area (Å²) in [4.78, 5) is 15.4. The second kappa shape index (κ2) is 8.43. The molecule has 190 valence electrons. The van der Waals surface area contributed by atoms with E-state index in [0.29, 0.717) is 5.69 Å². The summed E-state index contributed by atoms with van der Waals surface area (Å²) in [7, 11) is 2.00. The molecule has 0 radical (unpaired) electrons. The van der Waals surface area contributed by atoms with Gasteiger partial charge in [0, 0.05) is 35.7 Å². The number of halogens is 1. The highest BCUT2D eigenvalue weighted by Gasteiger charge is 2.52. The van der Waals surface area contributed by atoms with Crippen molar-refractivity contribution in [1.29, 1.82) is 0 Å². The monoisotopic (exact) mass is 499 g/mol. The van der Waals surface area contributed by atoms with Crippen molar-refractivity contribution in [3.63, 3.8) is 0 Å². The van der Waals surface area contributed by atoms with Gasteiger partial charge in [0.15, 0.2) is 0 Å². The van der Waals surface area contributed by atoms with Gasteiger partial charge in [-0.25, -0.2) is 9.07 Å². The molecule has 4 aromatic rings. The molecule has 7 heteroatoms. The number of fused-ring (bicyclic) bond motifs is 3. The highest BCUT2D eigenvalue weighted by atomic mass is 19.1. The van der Waals surface area contributed by atoms with Crippen LogP contribution in [0.4, 0.5) is 10.1 Å². The summed E-state index contributed by atoms with van der Waals surface area (Å²) in [5.74, 6) is -1.46. The van der Waals surface area contributed by atoms with Crippen LogP contribution in [0.1, 0.15) is 36.6 Å². The normalized spacial score (nSPS) is 25.5. The number of likely N-dealkylation sites (N-methyl/N-ethyl adjacent to an activating group) is 1. The van der Waals surface area contributed by atoms with Gasteiger partial charge in [-0.3, -0.25) is 9.89 Å². The maximum absolute atomic E-state index is 14.0. The van der Waals surface area contributed by atoms with Gasteiger partial charge >= 0.3 is 0 Å². The Kier molecular flexibility index (Phi) is 5.40. The second-order valence-corrected chi connectivity index (χ2v) is 10.6. The molecule has 2 unspecified atom stereocenters. The molecule has 1 aliphatic carbocycles. The number of nitrogens with one attached hydrogen (secondary N) is 1. The summed E-state index contributed by atoms with van der Waals surface area (Å²) in [5, 5.41) is 27.6. The molecule has 1 saturated carbocycles. The van der Waals surface area contributed by atoms with E-state index in [9.17, 15) is 19.4 Å². The van der Waals surface area contributed by atoms with Crippen molar-refractivity contribution in [3.05, 3.63) is 106 Å². The summed E-state index contributed by atoms with van der Waals surface area (Å²) >= 11 is 0. The van der Waals surface area contributed by atoms with E-state index in [0.717, 1.165) is 16.8 Å². The van der Waals surface area contributed by atoms with Crippen LogP contribution < -0.4 is 10.5 Å². The molecule has 6 rings (SSSR count). The van der Waals surface area contributed by atoms with Crippen LogP contribution in [-0.4, -0.2) is 39.2 Å². The zero-order valence-corrected chi connectivity index (χ0v) is 21.0. The Hall–Kier alpha value is -3.68. The minimum absolute atomic E-state index is 0.0836. The SMILES string of the molecule is CN1C(=CC2C(O)C(c3c(CF)[nH]n(-c4ccccc4)c3=O)C2O)C(C)(C)c2c1ccc1ccccc21. The quantitative estimate of drug-likeness (QED) is 0.385. The van der Waals surface area contributed by atoms with E-state index < -0.39 is 36.3 Å². The Morgan fingerprint density at radius 1 is 1.00 bits per heavy atom. The van der Waals surface area contributed by atoms with Crippen molar-refractivity contribution in [2.75, 3.05) is 11.9 Å². The first-order valence-electron chi connectivity index (χ1n) is 12.5. The fraction of sp³-hybridized carbons (Fsp3) is 0.300. The molecular formula is C30H30FN3O3. The molecule has 2 heterocycles. The number of anilines is 1. The Bertz CT molecular complexity index is 1580. The molecule has 0 spiro atoms. The average molecular weight is 500 g/mol. The molecule has 6 nitrogen and oxygen atoms in total. The van der Waals surface area contributed by atoms with Gasteiger partial charge in [0.2, 0.25) is 0 Å². The van der Waals surface area contributed by atoms with E-state index in [2.05, 4.69) is 48.1 Å². The maximum Gasteiger partial charge on any atom is 0.275 e. The van der Waals surface area contributed by atoms with Gasteiger partial charge in [0.1, 0.15) is 6.67 Å². The van der Waals surface area contributed by atoms with Crippen LogP contribution in [0.25, 0.3) is 16.5 Å². The minimum atomic E-state index is -1.02. The number of benzene rings is 3. The number of nitrogens with zero attached hydrogens (tertiary/aromatic N) is 2. The van der Waals surface area contributed by atoms with Crippen LogP contribution in [0, 0.1) is 5.92 Å². The Balaban J connectivity index is 1.36. The zero-order valence-electron chi connectivity index (χ0n) is 21.0. The van der Waals surface area contributed by atoms with Crippen molar-refractivity contribution in [3.8, 4) is 5.69 Å². The molecular weight excluding hydrogens is 469 g/mol. The summed E-state index contributed by atoms with van der Waals surface area (Å²) < 4.78 is 15.2. The van der Waals surface area contributed by atoms with Crippen LogP contribution in [-0.2, 0) is 12.1 Å². The lowest BCUT2D eigenvalue weighted by Crippen LogP contribution is -2.54. The van der Waals surface area contributed by atoms with E-state index >= 15 is 0 Å². The highest BCUT2D eigenvalue weighted by molar-refractivity contribution is 5.94. The van der Waals surface area contributed by atoms with Crippen LogP contribution in [0.2, 0.25) is 0 Å². The predicted octanol–water partition coefficient (Wildman–Crippen LogP) is 4.54. The van der Waals surface area contributed by atoms with Crippen molar-refractivity contribution < 1.29 is 14.6 Å². The fourth-order valence-electron chi connectivity index (χ4n) is 6.35. The molecule has 1 aliphatic heterocycles. The molecule has 3 N–H and O–H groups in total. The molecule has 2 atom stereocenters. The van der Waals surface area contributed by atoms with Gasteiger partial charge in [-0.05, 0) is 34.5 Å². The number of aliphatic hydroxyl groups is 2. The number of hydrogen-bond acceptors (Lipinski definition) is 4. The number of aromatic amines is 1. The second-order valence-electron chi connectivity index (χ2n) is 10.6. The minimum Gasteiger partial charge on any atom is -0.392 e. The molecule has 37 heavy (non-hydrogen) atoms. The standard InChI is InChI=1S/C30H30FN3O3/c1-30(2)23(33(3)22-14-13-17-9-7-8-12-19(17)26(22)30)15-20-27(35)25(28(20)36)24-21(16-31)32-34(29(24)37)18-10-5-4-6-11-18/h4-15,20,25,27-28,32,35-36H,16H2,1-3H3. The number of hydrogen-bond donors (Lipinski definition) is 3. The molecule has 3 aromatic carbocycles. The summed E-state index contributed by atoms with van der Waals surface area (Å²) in [6.07, 6.45) is -0.117. The average Bonchev–Trinajstić information content (AvgIpc) is 3.33. The Labute approximate surface area is 214 Å². The van der Waals surface area contributed by atoms with E-state index in [4.69, 9.17) is 0 Å². The van der Waals surface area contributed by atoms with Crippen molar-refractivity contribution >= 4 is 16.5 Å². The summed E-state index contributed by atoms with van der Waals surface area (Å²) in [5.41, 5.74) is 3.20. The zero-order chi connectivity index (χ0) is 26.1. The molecule has 0 bridgehead atoms. The summed E-state index contributed by atoms with van der Waals surface area (Å²) in [6.45, 7) is 3.40. The van der Waals surface area contributed by atoms with Crippen LogP contribution in [0.5, 0.6) is 0 Å².